The van der Waals surface area contributed by atoms with Gasteiger partial charge in [0.05, 0.1) is 19.9 Å². The highest BCUT2D eigenvalue weighted by Crippen LogP contribution is 2.29. The van der Waals surface area contributed by atoms with Gasteiger partial charge < -0.3 is 14.2 Å². The Hall–Kier alpha value is -3.02. The second-order valence-corrected chi connectivity index (χ2v) is 5.39. The number of para-hydroxylation sites is 1. The first kappa shape index (κ1) is 19.3. The summed E-state index contributed by atoms with van der Waals surface area (Å²) < 4.78 is 16.3. The first-order valence-corrected chi connectivity index (χ1v) is 8.51. The molecule has 0 radical (unpaired) electrons. The van der Waals surface area contributed by atoms with Crippen molar-refractivity contribution in [1.29, 1.82) is 0 Å². The number of carbonyl (C=O) groups excluding carboxylic acids is 1. The Labute approximate surface area is 153 Å². The van der Waals surface area contributed by atoms with Gasteiger partial charge in [0.15, 0.2) is 18.1 Å². The van der Waals surface area contributed by atoms with Crippen molar-refractivity contribution in [2.75, 3.05) is 20.3 Å². The van der Waals surface area contributed by atoms with E-state index in [-0.39, 0.29) is 12.5 Å². The van der Waals surface area contributed by atoms with E-state index >= 15 is 0 Å². The summed E-state index contributed by atoms with van der Waals surface area (Å²) >= 11 is 0. The van der Waals surface area contributed by atoms with Gasteiger partial charge in [-0.2, -0.15) is 5.10 Å². The van der Waals surface area contributed by atoms with Gasteiger partial charge >= 0.3 is 0 Å². The molecule has 0 aliphatic heterocycles. The van der Waals surface area contributed by atoms with E-state index in [2.05, 4.69) is 17.5 Å². The van der Waals surface area contributed by atoms with Crippen LogP contribution < -0.4 is 19.6 Å². The van der Waals surface area contributed by atoms with Crippen molar-refractivity contribution in [2.24, 2.45) is 5.10 Å². The lowest BCUT2D eigenvalue weighted by Gasteiger charge is -2.11. The summed E-state index contributed by atoms with van der Waals surface area (Å²) in [5, 5.41) is 3.97. The van der Waals surface area contributed by atoms with E-state index < -0.39 is 0 Å². The van der Waals surface area contributed by atoms with Crippen LogP contribution in [-0.2, 0) is 11.2 Å². The molecule has 0 heterocycles. The summed E-state index contributed by atoms with van der Waals surface area (Å²) in [6.07, 6.45) is 2.43. The van der Waals surface area contributed by atoms with Gasteiger partial charge in [0, 0.05) is 5.56 Å². The number of rotatable bonds is 9. The molecule has 1 amide bonds. The molecule has 0 saturated heterocycles. The van der Waals surface area contributed by atoms with Crippen molar-refractivity contribution in [2.45, 2.75) is 20.3 Å². The minimum atomic E-state index is -0.344. The van der Waals surface area contributed by atoms with Gasteiger partial charge in [0.25, 0.3) is 5.91 Å². The number of hydrogen-bond acceptors (Lipinski definition) is 5. The summed E-state index contributed by atoms with van der Waals surface area (Å²) in [5.74, 6) is 1.52. The molecule has 0 aliphatic rings. The van der Waals surface area contributed by atoms with E-state index in [1.165, 1.54) is 6.21 Å². The van der Waals surface area contributed by atoms with Crippen molar-refractivity contribution >= 4 is 12.1 Å². The van der Waals surface area contributed by atoms with E-state index in [0.717, 1.165) is 12.0 Å². The number of hydrazone groups is 1. The number of amides is 1. The summed E-state index contributed by atoms with van der Waals surface area (Å²) in [7, 11) is 1.57. The number of nitrogens with zero attached hydrogens (tertiary/aromatic N) is 1. The molecule has 2 rings (SSSR count). The van der Waals surface area contributed by atoms with E-state index in [1.54, 1.807) is 13.2 Å². The van der Waals surface area contributed by atoms with Crippen LogP contribution in [0, 0.1) is 0 Å². The predicted molar refractivity (Wildman–Crippen MR) is 101 cm³/mol. The highest BCUT2D eigenvalue weighted by molar-refractivity contribution is 5.86. The standard InChI is InChI=1S/C20H24N2O4/c1-4-15-8-6-10-17(12-15)26-14-19(23)22-21-13-16-9-7-11-18(24-3)20(16)25-5-2/h6-13H,4-5,14H2,1-3H3,(H,22,23)/b21-13+. The fourth-order valence-electron chi connectivity index (χ4n) is 2.30. The van der Waals surface area contributed by atoms with Crippen LogP contribution in [0.3, 0.4) is 0 Å². The molecule has 0 unspecified atom stereocenters. The smallest absolute Gasteiger partial charge is 0.277 e. The Morgan fingerprint density at radius 2 is 1.96 bits per heavy atom. The molecule has 26 heavy (non-hydrogen) atoms. The lowest BCUT2D eigenvalue weighted by Crippen LogP contribution is -2.24. The molecule has 0 fully saturated rings. The summed E-state index contributed by atoms with van der Waals surface area (Å²) in [4.78, 5) is 11.9. The molecule has 1 N–H and O–H groups in total. The Bertz CT molecular complexity index is 759. The third-order valence-electron chi connectivity index (χ3n) is 3.59. The molecule has 138 valence electrons. The number of benzene rings is 2. The van der Waals surface area contributed by atoms with Crippen molar-refractivity contribution in [3.63, 3.8) is 0 Å². The fraction of sp³-hybridized carbons (Fsp3) is 0.300. The molecular formula is C20H24N2O4. The topological polar surface area (TPSA) is 69.2 Å². The van der Waals surface area contributed by atoms with Gasteiger partial charge in [-0.05, 0) is 43.2 Å². The van der Waals surface area contributed by atoms with Gasteiger partial charge in [-0.1, -0.05) is 25.1 Å². The Balaban J connectivity index is 1.92. The summed E-state index contributed by atoms with van der Waals surface area (Å²) in [6.45, 7) is 4.34. The van der Waals surface area contributed by atoms with E-state index in [0.29, 0.717) is 29.4 Å². The maximum Gasteiger partial charge on any atom is 0.277 e. The van der Waals surface area contributed by atoms with E-state index in [9.17, 15) is 4.79 Å². The molecule has 0 spiro atoms. The number of ether oxygens (including phenoxy) is 3. The second kappa shape index (κ2) is 10.1. The zero-order valence-electron chi connectivity index (χ0n) is 15.3. The van der Waals surface area contributed by atoms with E-state index in [4.69, 9.17) is 14.2 Å². The average Bonchev–Trinajstić information content (AvgIpc) is 2.67. The molecule has 6 nitrogen and oxygen atoms in total. The Morgan fingerprint density at radius 3 is 2.69 bits per heavy atom. The lowest BCUT2D eigenvalue weighted by molar-refractivity contribution is -0.123. The van der Waals surface area contributed by atoms with Crippen LogP contribution in [0.25, 0.3) is 0 Å². The zero-order valence-corrected chi connectivity index (χ0v) is 15.3. The first-order valence-electron chi connectivity index (χ1n) is 8.51. The molecule has 0 aromatic heterocycles. The second-order valence-electron chi connectivity index (χ2n) is 5.39. The lowest BCUT2D eigenvalue weighted by atomic mass is 10.2. The van der Waals surface area contributed by atoms with Crippen molar-refractivity contribution in [3.05, 3.63) is 53.6 Å². The maximum atomic E-state index is 11.9. The quantitative estimate of drug-likeness (QED) is 0.553. The minimum Gasteiger partial charge on any atom is -0.493 e. The van der Waals surface area contributed by atoms with Crippen molar-refractivity contribution < 1.29 is 19.0 Å². The van der Waals surface area contributed by atoms with Crippen LogP contribution in [0.5, 0.6) is 17.2 Å². The van der Waals surface area contributed by atoms with Crippen molar-refractivity contribution in [3.8, 4) is 17.2 Å². The average molecular weight is 356 g/mol. The monoisotopic (exact) mass is 356 g/mol. The molecule has 2 aromatic rings. The van der Waals surface area contributed by atoms with Crippen molar-refractivity contribution in [1.82, 2.24) is 5.43 Å². The number of hydrogen-bond donors (Lipinski definition) is 1. The van der Waals surface area contributed by atoms with Gasteiger partial charge in [0.1, 0.15) is 5.75 Å². The third kappa shape index (κ3) is 5.51. The largest absolute Gasteiger partial charge is 0.493 e. The van der Waals surface area contributed by atoms with Crippen LogP contribution in [0.15, 0.2) is 47.6 Å². The van der Waals surface area contributed by atoms with E-state index in [1.807, 2.05) is 43.3 Å². The highest BCUT2D eigenvalue weighted by Gasteiger charge is 2.08. The third-order valence-corrected chi connectivity index (χ3v) is 3.59. The first-order chi connectivity index (χ1) is 12.7. The molecule has 6 heteroatoms. The van der Waals surface area contributed by atoms with Crippen LogP contribution in [0.1, 0.15) is 25.0 Å². The predicted octanol–water partition coefficient (Wildman–Crippen LogP) is 3.19. The molecule has 0 atom stereocenters. The fourth-order valence-corrected chi connectivity index (χ4v) is 2.30. The summed E-state index contributed by atoms with van der Waals surface area (Å²) in [6, 6.07) is 13.1. The molecule has 0 saturated carbocycles. The van der Waals surface area contributed by atoms with Gasteiger partial charge in [-0.3, -0.25) is 4.79 Å². The van der Waals surface area contributed by atoms with Crippen LogP contribution in [0.2, 0.25) is 0 Å². The Kier molecular flexibility index (Phi) is 7.49. The van der Waals surface area contributed by atoms with Gasteiger partial charge in [-0.15, -0.1) is 0 Å². The van der Waals surface area contributed by atoms with Crippen LogP contribution in [0.4, 0.5) is 0 Å². The Morgan fingerprint density at radius 1 is 1.15 bits per heavy atom. The number of nitrogens with one attached hydrogen (secondary N) is 1. The van der Waals surface area contributed by atoms with Crippen LogP contribution in [-0.4, -0.2) is 32.4 Å². The SMILES string of the molecule is CCOc1c(/C=N/NC(=O)COc2cccc(CC)c2)cccc1OC. The molecular weight excluding hydrogens is 332 g/mol. The molecule has 0 bridgehead atoms. The minimum absolute atomic E-state index is 0.110. The van der Waals surface area contributed by atoms with Gasteiger partial charge in [0.2, 0.25) is 0 Å². The number of aryl methyl sites for hydroxylation is 1. The highest BCUT2D eigenvalue weighted by atomic mass is 16.5. The van der Waals surface area contributed by atoms with Gasteiger partial charge in [-0.25, -0.2) is 5.43 Å². The zero-order chi connectivity index (χ0) is 18.8. The molecule has 0 aliphatic carbocycles. The summed E-state index contributed by atoms with van der Waals surface area (Å²) in [5.41, 5.74) is 4.31. The number of carbonyl (C=O) groups is 1. The maximum absolute atomic E-state index is 11.9. The normalized spacial score (nSPS) is 10.6. The molecule has 2 aromatic carbocycles. The van der Waals surface area contributed by atoms with Crippen LogP contribution >= 0.6 is 0 Å². The number of methoxy groups -OCH3 is 1.